The summed E-state index contributed by atoms with van der Waals surface area (Å²) < 4.78 is 34.3. The minimum absolute atomic E-state index is 0.0359. The van der Waals surface area contributed by atoms with E-state index < -0.39 is 26.5 Å². The summed E-state index contributed by atoms with van der Waals surface area (Å²) in [7, 11) is 1.16. The molecule has 0 saturated carbocycles. The smallest absolute Gasteiger partial charge is 0.306 e. The van der Waals surface area contributed by atoms with Crippen molar-refractivity contribution >= 4 is 19.8 Å². The zero-order valence-electron chi connectivity index (χ0n) is 56.1. The lowest BCUT2D eigenvalue weighted by Crippen LogP contribution is -2.37. The third kappa shape index (κ3) is 68.8. The number of ether oxygens (including phenoxy) is 2. The Kier molecular flexibility index (Phi) is 63.4. The van der Waals surface area contributed by atoms with Gasteiger partial charge in [0.15, 0.2) is 6.10 Å². The summed E-state index contributed by atoms with van der Waals surface area (Å²) in [6.07, 6.45) is 86.2. The summed E-state index contributed by atoms with van der Waals surface area (Å²) >= 11 is 0. The number of nitrogens with zero attached hydrogens (tertiary/aromatic N) is 1. The van der Waals surface area contributed by atoms with Crippen LogP contribution in [0, 0.1) is 0 Å². The average molecular weight is 1200 g/mol. The van der Waals surface area contributed by atoms with Gasteiger partial charge in [-0.2, -0.15) is 0 Å². The lowest BCUT2D eigenvalue weighted by atomic mass is 10.0. The molecule has 0 bridgehead atoms. The van der Waals surface area contributed by atoms with Gasteiger partial charge in [0.2, 0.25) is 0 Å². The van der Waals surface area contributed by atoms with E-state index in [9.17, 15) is 19.0 Å². The van der Waals surface area contributed by atoms with Gasteiger partial charge in [-0.05, 0) is 57.8 Å². The molecule has 0 aliphatic heterocycles. The van der Waals surface area contributed by atoms with Gasteiger partial charge in [0, 0.05) is 12.8 Å². The Hall–Kier alpha value is -2.29. The number of carbonyl (C=O) groups excluding carboxylic acids is 2. The highest BCUT2D eigenvalue weighted by Gasteiger charge is 2.22. The van der Waals surface area contributed by atoms with Crippen molar-refractivity contribution in [3.05, 3.63) is 60.8 Å². The summed E-state index contributed by atoms with van der Waals surface area (Å²) in [6.45, 7) is 4.15. The SMILES string of the molecule is CC/C=C\C/C=C\C/C=C\C/C=C\C/C=C\CCCCCCCC(=O)OC(COC(=O)CCCCCCCCCCCCCCCCCCCCCCCCCCCCCCCCCCCCCCCCC)COP(=O)([O-])OCC[N+](C)(C)C. The average Bonchev–Trinajstić information content (AvgIpc) is 3.61. The zero-order chi connectivity index (χ0) is 61.2. The maximum Gasteiger partial charge on any atom is 0.306 e. The van der Waals surface area contributed by atoms with E-state index in [1.807, 2.05) is 21.1 Å². The van der Waals surface area contributed by atoms with Gasteiger partial charge in [0.1, 0.15) is 19.8 Å². The first-order valence-electron chi connectivity index (χ1n) is 36.0. The predicted molar refractivity (Wildman–Crippen MR) is 360 cm³/mol. The third-order valence-electron chi connectivity index (χ3n) is 16.1. The van der Waals surface area contributed by atoms with Crippen molar-refractivity contribution in [2.24, 2.45) is 0 Å². The molecule has 84 heavy (non-hydrogen) atoms. The topological polar surface area (TPSA) is 111 Å². The third-order valence-corrected chi connectivity index (χ3v) is 17.0. The second kappa shape index (κ2) is 65.2. The minimum Gasteiger partial charge on any atom is -0.756 e. The molecule has 0 aromatic carbocycles. The van der Waals surface area contributed by atoms with Crippen molar-refractivity contribution in [2.45, 2.75) is 354 Å². The van der Waals surface area contributed by atoms with Gasteiger partial charge in [-0.25, -0.2) is 0 Å². The maximum absolute atomic E-state index is 12.8. The molecular formula is C74H138NO8P. The molecule has 2 atom stereocenters. The van der Waals surface area contributed by atoms with Gasteiger partial charge in [-0.15, -0.1) is 0 Å². The molecule has 0 amide bonds. The molecule has 10 heteroatoms. The summed E-state index contributed by atoms with van der Waals surface area (Å²) in [5, 5.41) is 0. The van der Waals surface area contributed by atoms with Gasteiger partial charge in [-0.3, -0.25) is 14.2 Å². The molecular weight excluding hydrogens is 1060 g/mol. The van der Waals surface area contributed by atoms with Crippen molar-refractivity contribution in [3.63, 3.8) is 0 Å². The molecule has 0 spiro atoms. The highest BCUT2D eigenvalue weighted by Crippen LogP contribution is 2.38. The van der Waals surface area contributed by atoms with Crippen LogP contribution in [0.1, 0.15) is 348 Å². The van der Waals surface area contributed by atoms with Crippen LogP contribution in [0.2, 0.25) is 0 Å². The molecule has 0 rings (SSSR count). The Bertz CT molecular complexity index is 1600. The Balaban J connectivity index is 3.91. The van der Waals surface area contributed by atoms with Crippen LogP contribution in [0.3, 0.4) is 0 Å². The fourth-order valence-electron chi connectivity index (χ4n) is 10.6. The highest BCUT2D eigenvalue weighted by molar-refractivity contribution is 7.45. The summed E-state index contributed by atoms with van der Waals surface area (Å²) in [4.78, 5) is 38.0. The van der Waals surface area contributed by atoms with Crippen LogP contribution in [0.25, 0.3) is 0 Å². The minimum atomic E-state index is -4.65. The number of hydrogen-bond acceptors (Lipinski definition) is 8. The maximum atomic E-state index is 12.8. The molecule has 0 aliphatic rings. The van der Waals surface area contributed by atoms with Crippen molar-refractivity contribution in [3.8, 4) is 0 Å². The summed E-state index contributed by atoms with van der Waals surface area (Å²) in [5.74, 6) is -0.844. The molecule has 0 radical (unpaired) electrons. The van der Waals surface area contributed by atoms with E-state index in [0.29, 0.717) is 17.4 Å². The number of unbranched alkanes of at least 4 members (excludes halogenated alkanes) is 43. The molecule has 0 aromatic heterocycles. The van der Waals surface area contributed by atoms with Gasteiger partial charge < -0.3 is 27.9 Å². The molecule has 0 aliphatic carbocycles. The fraction of sp³-hybridized carbons (Fsp3) is 0.838. The van der Waals surface area contributed by atoms with Gasteiger partial charge in [-0.1, -0.05) is 338 Å². The van der Waals surface area contributed by atoms with Crippen LogP contribution in [-0.4, -0.2) is 70.0 Å². The quantitative estimate of drug-likeness (QED) is 0.0195. The number of phosphoric acid groups is 1. The van der Waals surface area contributed by atoms with E-state index in [-0.39, 0.29) is 32.0 Å². The molecule has 2 unspecified atom stereocenters. The summed E-state index contributed by atoms with van der Waals surface area (Å²) in [6, 6.07) is 0. The molecule has 0 saturated heterocycles. The molecule has 0 aromatic rings. The lowest BCUT2D eigenvalue weighted by Gasteiger charge is -2.28. The van der Waals surface area contributed by atoms with E-state index in [4.69, 9.17) is 18.5 Å². The van der Waals surface area contributed by atoms with E-state index in [0.717, 1.165) is 83.5 Å². The number of quaternary nitrogens is 1. The van der Waals surface area contributed by atoms with Gasteiger partial charge in [0.05, 0.1) is 27.7 Å². The van der Waals surface area contributed by atoms with Crippen LogP contribution in [0.5, 0.6) is 0 Å². The van der Waals surface area contributed by atoms with Crippen molar-refractivity contribution in [2.75, 3.05) is 47.5 Å². The Morgan fingerprint density at radius 1 is 0.381 bits per heavy atom. The number of phosphoric ester groups is 1. The first kappa shape index (κ1) is 81.7. The molecule has 0 N–H and O–H groups in total. The monoisotopic (exact) mass is 1200 g/mol. The molecule has 0 fully saturated rings. The van der Waals surface area contributed by atoms with Crippen LogP contribution in [-0.2, 0) is 32.7 Å². The first-order chi connectivity index (χ1) is 41.0. The Morgan fingerprint density at radius 2 is 0.679 bits per heavy atom. The van der Waals surface area contributed by atoms with Crippen molar-refractivity contribution in [1.29, 1.82) is 0 Å². The van der Waals surface area contributed by atoms with Crippen molar-refractivity contribution in [1.82, 2.24) is 0 Å². The van der Waals surface area contributed by atoms with E-state index in [2.05, 4.69) is 74.6 Å². The fourth-order valence-corrected chi connectivity index (χ4v) is 11.3. The van der Waals surface area contributed by atoms with Gasteiger partial charge in [0.25, 0.3) is 7.82 Å². The molecule has 492 valence electrons. The highest BCUT2D eigenvalue weighted by atomic mass is 31.2. The zero-order valence-corrected chi connectivity index (χ0v) is 57.0. The second-order valence-electron chi connectivity index (χ2n) is 25.6. The van der Waals surface area contributed by atoms with E-state index in [1.165, 1.54) is 231 Å². The van der Waals surface area contributed by atoms with Gasteiger partial charge >= 0.3 is 11.9 Å². The Labute approximate surface area is 521 Å². The van der Waals surface area contributed by atoms with Crippen LogP contribution >= 0.6 is 7.82 Å². The van der Waals surface area contributed by atoms with E-state index in [1.54, 1.807) is 0 Å². The first-order valence-corrected chi connectivity index (χ1v) is 37.5. The summed E-state index contributed by atoms with van der Waals surface area (Å²) in [5.41, 5.74) is 0. The Morgan fingerprint density at radius 3 is 1.01 bits per heavy atom. The second-order valence-corrected chi connectivity index (χ2v) is 27.0. The number of carbonyl (C=O) groups is 2. The standard InChI is InChI=1S/C74H138NO8P/c1-6-8-10-12-14-16-18-20-22-24-26-28-29-30-31-32-33-34-35-36-37-38-39-40-41-42-43-44-45-47-48-50-52-54-56-58-60-62-64-66-73(76)80-70-72(71-82-84(78,79)81-69-68-75(3,4)5)83-74(77)67-65-63-61-59-57-55-53-51-49-46-27-25-23-21-19-17-15-13-11-9-7-2/h9,11,15,17,21,23,27,46,51,53,72H,6-8,10,12-14,16,18-20,22,24-26,28-45,47-50,52,54-71H2,1-5H3/b11-9-,17-15-,23-21-,46-27-,53-51-. The molecule has 0 heterocycles. The molecule has 9 nitrogen and oxygen atoms in total. The van der Waals surface area contributed by atoms with Crippen molar-refractivity contribution < 1.29 is 42.1 Å². The van der Waals surface area contributed by atoms with Crippen LogP contribution in [0.15, 0.2) is 60.8 Å². The number of hydrogen-bond donors (Lipinski definition) is 0. The normalized spacial score (nSPS) is 13.5. The van der Waals surface area contributed by atoms with Crippen LogP contribution in [0.4, 0.5) is 0 Å². The van der Waals surface area contributed by atoms with E-state index >= 15 is 0 Å². The number of esters is 2. The number of allylic oxidation sites excluding steroid dienone is 10. The predicted octanol–water partition coefficient (Wildman–Crippen LogP) is 22.8. The lowest BCUT2D eigenvalue weighted by molar-refractivity contribution is -0.870. The number of rotatable bonds is 67. The van der Waals surface area contributed by atoms with Crippen LogP contribution < -0.4 is 4.89 Å². The largest absolute Gasteiger partial charge is 0.756 e. The number of likely N-dealkylation sites (N-methyl/N-ethyl adjacent to an activating group) is 1.